The lowest BCUT2D eigenvalue weighted by Crippen LogP contribution is -2.38. The quantitative estimate of drug-likeness (QED) is 0.609. The van der Waals surface area contributed by atoms with Gasteiger partial charge in [0.05, 0.1) is 15.5 Å². The van der Waals surface area contributed by atoms with Crippen LogP contribution in [-0.4, -0.2) is 31.9 Å². The highest BCUT2D eigenvalue weighted by molar-refractivity contribution is 9.10. The Morgan fingerprint density at radius 2 is 2.35 bits per heavy atom. The molecule has 1 unspecified atom stereocenters. The summed E-state index contributed by atoms with van der Waals surface area (Å²) in [6.07, 6.45) is 4.26. The highest BCUT2D eigenvalue weighted by atomic mass is 79.9. The number of nitrogens with zero attached hydrogens (tertiary/aromatic N) is 4. The summed E-state index contributed by atoms with van der Waals surface area (Å²) in [6, 6.07) is 1.73. The zero-order valence-electron chi connectivity index (χ0n) is 12.2. The lowest BCUT2D eigenvalue weighted by atomic mass is 10.0. The van der Waals surface area contributed by atoms with Crippen molar-refractivity contribution in [2.45, 2.75) is 19.4 Å². The van der Waals surface area contributed by atoms with Crippen molar-refractivity contribution < 1.29 is 4.79 Å². The Bertz CT molecular complexity index is 921. The van der Waals surface area contributed by atoms with Gasteiger partial charge in [0.25, 0.3) is 5.91 Å². The van der Waals surface area contributed by atoms with E-state index in [1.807, 2.05) is 17.2 Å². The third kappa shape index (κ3) is 2.47. The molecule has 0 radical (unpaired) electrons. The summed E-state index contributed by atoms with van der Waals surface area (Å²) in [5, 5.41) is 7.11. The van der Waals surface area contributed by atoms with Gasteiger partial charge in [-0.3, -0.25) is 4.79 Å². The van der Waals surface area contributed by atoms with E-state index in [0.717, 1.165) is 15.9 Å². The fourth-order valence-electron chi connectivity index (χ4n) is 2.92. The van der Waals surface area contributed by atoms with Crippen molar-refractivity contribution in [2.24, 2.45) is 0 Å². The molecule has 3 aromatic heterocycles. The number of carbonyl (C=O) groups excluding carboxylic acids is 1. The van der Waals surface area contributed by atoms with Gasteiger partial charge in [0.1, 0.15) is 0 Å². The van der Waals surface area contributed by atoms with E-state index in [0.29, 0.717) is 17.9 Å². The largest absolute Gasteiger partial charge is 0.329 e. The van der Waals surface area contributed by atoms with Gasteiger partial charge < -0.3 is 4.90 Å². The highest BCUT2D eigenvalue weighted by Crippen LogP contribution is 2.38. The van der Waals surface area contributed by atoms with Gasteiger partial charge in [-0.2, -0.15) is 5.10 Å². The van der Waals surface area contributed by atoms with Gasteiger partial charge in [0, 0.05) is 35.3 Å². The van der Waals surface area contributed by atoms with Crippen LogP contribution in [-0.2, 0) is 6.42 Å². The number of amides is 1. The zero-order valence-corrected chi connectivity index (χ0v) is 15.3. The van der Waals surface area contributed by atoms with Crippen LogP contribution < -0.4 is 0 Å². The first-order valence-electron chi connectivity index (χ1n) is 7.12. The summed E-state index contributed by atoms with van der Waals surface area (Å²) in [5.74, 6) is -0.0747. The van der Waals surface area contributed by atoms with Gasteiger partial charge in [-0.1, -0.05) is 11.6 Å². The summed E-state index contributed by atoms with van der Waals surface area (Å²) in [4.78, 5) is 20.1. The fourth-order valence-corrected chi connectivity index (χ4v) is 4.65. The van der Waals surface area contributed by atoms with Crippen molar-refractivity contribution in [2.75, 3.05) is 6.54 Å². The van der Waals surface area contributed by atoms with Gasteiger partial charge in [-0.25, -0.2) is 9.50 Å². The third-order valence-corrected chi connectivity index (χ3v) is 6.16. The van der Waals surface area contributed by atoms with Gasteiger partial charge in [-0.15, -0.1) is 11.3 Å². The fraction of sp³-hybridized carbons (Fsp3) is 0.267. The predicted molar refractivity (Wildman–Crippen MR) is 93.2 cm³/mol. The Kier molecular flexibility index (Phi) is 3.66. The molecular formula is C15H12BrClN4OS. The number of fused-ring (bicyclic) bond motifs is 2. The molecule has 4 rings (SSSR count). The number of hydrogen-bond donors (Lipinski definition) is 0. The number of rotatable bonds is 1. The second-order valence-corrected chi connectivity index (χ2v) is 7.69. The smallest absolute Gasteiger partial charge is 0.274 e. The van der Waals surface area contributed by atoms with E-state index in [1.165, 1.54) is 10.4 Å². The minimum Gasteiger partial charge on any atom is -0.329 e. The first kappa shape index (κ1) is 15.1. The molecule has 1 atom stereocenters. The van der Waals surface area contributed by atoms with Crippen LogP contribution in [0.5, 0.6) is 0 Å². The van der Waals surface area contributed by atoms with Gasteiger partial charge >= 0.3 is 0 Å². The van der Waals surface area contributed by atoms with Crippen LogP contribution in [0.1, 0.15) is 33.9 Å². The molecule has 0 fully saturated rings. The molecule has 1 amide bonds. The van der Waals surface area contributed by atoms with Crippen LogP contribution in [0.15, 0.2) is 28.3 Å². The van der Waals surface area contributed by atoms with E-state index in [9.17, 15) is 4.79 Å². The van der Waals surface area contributed by atoms with Crippen LogP contribution in [0.3, 0.4) is 0 Å². The minimum absolute atomic E-state index is 0.00765. The maximum absolute atomic E-state index is 12.9. The molecule has 0 aliphatic carbocycles. The Balaban J connectivity index is 1.68. The minimum atomic E-state index is -0.0747. The van der Waals surface area contributed by atoms with E-state index >= 15 is 0 Å². The number of halogens is 2. The lowest BCUT2D eigenvalue weighted by Gasteiger charge is -2.33. The van der Waals surface area contributed by atoms with Crippen molar-refractivity contribution in [3.05, 3.63) is 49.5 Å². The Morgan fingerprint density at radius 1 is 1.52 bits per heavy atom. The summed E-state index contributed by atoms with van der Waals surface area (Å²) in [7, 11) is 0. The molecule has 0 aromatic carbocycles. The highest BCUT2D eigenvalue weighted by Gasteiger charge is 2.31. The van der Waals surface area contributed by atoms with E-state index in [2.05, 4.69) is 26.0 Å². The van der Waals surface area contributed by atoms with E-state index in [-0.39, 0.29) is 11.9 Å². The average Bonchev–Trinajstić information content (AvgIpc) is 3.11. The van der Waals surface area contributed by atoms with Crippen molar-refractivity contribution in [1.29, 1.82) is 0 Å². The molecule has 0 saturated carbocycles. The van der Waals surface area contributed by atoms with Crippen molar-refractivity contribution in [1.82, 2.24) is 19.5 Å². The van der Waals surface area contributed by atoms with E-state index in [4.69, 9.17) is 11.6 Å². The van der Waals surface area contributed by atoms with Crippen LogP contribution in [0.4, 0.5) is 0 Å². The van der Waals surface area contributed by atoms with Crippen LogP contribution in [0, 0.1) is 0 Å². The normalized spacial score (nSPS) is 17.5. The maximum atomic E-state index is 12.9. The Morgan fingerprint density at radius 3 is 3.17 bits per heavy atom. The van der Waals surface area contributed by atoms with Crippen molar-refractivity contribution in [3.8, 4) is 0 Å². The molecule has 0 N–H and O–H groups in total. The molecule has 1 aliphatic heterocycles. The lowest BCUT2D eigenvalue weighted by molar-refractivity contribution is 0.0675. The van der Waals surface area contributed by atoms with E-state index in [1.54, 1.807) is 34.3 Å². The molecule has 0 spiro atoms. The Hall–Kier alpha value is -1.44. The topological polar surface area (TPSA) is 50.5 Å². The second kappa shape index (κ2) is 5.58. The molecule has 1 aliphatic rings. The van der Waals surface area contributed by atoms with Crippen molar-refractivity contribution >= 4 is 50.4 Å². The first-order valence-corrected chi connectivity index (χ1v) is 9.17. The number of carbonyl (C=O) groups is 1. The summed E-state index contributed by atoms with van der Waals surface area (Å²) < 4.78 is 2.43. The predicted octanol–water partition coefficient (Wildman–Crippen LogP) is 3.97. The molecule has 3 aromatic rings. The number of thiophene rings is 1. The number of hydrogen-bond acceptors (Lipinski definition) is 4. The first-order chi connectivity index (χ1) is 11.0. The van der Waals surface area contributed by atoms with Gasteiger partial charge in [-0.05, 0) is 34.8 Å². The van der Waals surface area contributed by atoms with Crippen LogP contribution in [0.25, 0.3) is 5.65 Å². The standard InChI is InChI=1S/C15H12BrClN4OS/c1-8-14-10(11(17)7-23-14)2-3-20(8)15(22)12-4-13-18-5-9(16)6-21(13)19-12/h4-8H,2-3H2,1H3. The zero-order chi connectivity index (χ0) is 16.1. The molecule has 8 heteroatoms. The molecule has 23 heavy (non-hydrogen) atoms. The maximum Gasteiger partial charge on any atom is 0.274 e. The molecule has 0 saturated heterocycles. The third-order valence-electron chi connectivity index (χ3n) is 4.09. The molecule has 4 heterocycles. The molecule has 5 nitrogen and oxygen atoms in total. The summed E-state index contributed by atoms with van der Waals surface area (Å²) >= 11 is 11.2. The Labute approximate surface area is 150 Å². The molecular weight excluding hydrogens is 400 g/mol. The van der Waals surface area contributed by atoms with E-state index < -0.39 is 0 Å². The monoisotopic (exact) mass is 410 g/mol. The van der Waals surface area contributed by atoms with Crippen LogP contribution >= 0.6 is 38.9 Å². The molecule has 0 bridgehead atoms. The SMILES string of the molecule is CC1c2scc(Cl)c2CCN1C(=O)c1cc2ncc(Br)cn2n1. The van der Waals surface area contributed by atoms with Crippen LogP contribution in [0.2, 0.25) is 5.02 Å². The van der Waals surface area contributed by atoms with Crippen molar-refractivity contribution in [3.63, 3.8) is 0 Å². The summed E-state index contributed by atoms with van der Waals surface area (Å²) in [6.45, 7) is 2.68. The summed E-state index contributed by atoms with van der Waals surface area (Å²) in [5.41, 5.74) is 2.24. The number of aromatic nitrogens is 3. The second-order valence-electron chi connectivity index (χ2n) is 5.46. The van der Waals surface area contributed by atoms with Gasteiger partial charge in [0.15, 0.2) is 11.3 Å². The van der Waals surface area contributed by atoms with Gasteiger partial charge in [0.2, 0.25) is 0 Å². The molecule has 118 valence electrons. The average molecular weight is 412 g/mol.